The van der Waals surface area contributed by atoms with Crippen molar-refractivity contribution in [1.82, 2.24) is 0 Å². The zero-order valence-electron chi connectivity index (χ0n) is 20.6. The number of benzene rings is 3. The van der Waals surface area contributed by atoms with E-state index >= 15 is 0 Å². The highest BCUT2D eigenvalue weighted by atomic mass is 31.2. The number of hydrogen-bond acceptors (Lipinski definition) is 3. The SMILES string of the molecule is CCCC(CC(=O)C(C#N)=P(c1ccccc1)(c1ccccc1)c1ccccc1)OC(C)(C)C. The van der Waals surface area contributed by atoms with E-state index < -0.39 is 6.89 Å². The number of nitriles is 1. The summed E-state index contributed by atoms with van der Waals surface area (Å²) < 4.78 is 6.24. The van der Waals surface area contributed by atoms with Gasteiger partial charge in [0.2, 0.25) is 0 Å². The van der Waals surface area contributed by atoms with Gasteiger partial charge in [-0.1, -0.05) is 104 Å². The standard InChI is InChI=1S/C30H34NO2P/c1-5-15-24(33-30(2,3)4)22-28(32)29(23-31)34(25-16-9-6-10-17-25,26-18-11-7-12-19-26)27-20-13-8-14-21-27/h6-14,16-21,24H,5,15,22H2,1-4H3. The Kier molecular flexibility index (Phi) is 8.67. The summed E-state index contributed by atoms with van der Waals surface area (Å²) in [5.74, 6) is -0.130. The lowest BCUT2D eigenvalue weighted by Crippen LogP contribution is -2.35. The van der Waals surface area contributed by atoms with Crippen molar-refractivity contribution < 1.29 is 9.53 Å². The molecular formula is C30H34NO2P. The molecule has 0 aliphatic heterocycles. The lowest BCUT2D eigenvalue weighted by Gasteiger charge is -2.31. The van der Waals surface area contributed by atoms with Gasteiger partial charge in [0.1, 0.15) is 11.4 Å². The molecule has 0 N–H and O–H groups in total. The van der Waals surface area contributed by atoms with Crippen LogP contribution in [0.2, 0.25) is 0 Å². The molecule has 3 nitrogen and oxygen atoms in total. The maximum Gasteiger partial charge on any atom is 0.176 e. The Labute approximate surface area is 204 Å². The molecule has 0 spiro atoms. The van der Waals surface area contributed by atoms with Gasteiger partial charge >= 0.3 is 0 Å². The van der Waals surface area contributed by atoms with Crippen LogP contribution in [0, 0.1) is 11.3 Å². The predicted molar refractivity (Wildman–Crippen MR) is 145 cm³/mol. The summed E-state index contributed by atoms with van der Waals surface area (Å²) in [7, 11) is 0. The van der Waals surface area contributed by atoms with Gasteiger partial charge in [-0.3, -0.25) is 4.79 Å². The first-order valence-electron chi connectivity index (χ1n) is 11.9. The van der Waals surface area contributed by atoms with Gasteiger partial charge in [-0.2, -0.15) is 5.26 Å². The highest BCUT2D eigenvalue weighted by Crippen LogP contribution is 2.46. The van der Waals surface area contributed by atoms with Crippen LogP contribution in [-0.2, 0) is 9.53 Å². The minimum Gasteiger partial charge on any atom is -0.372 e. The van der Waals surface area contributed by atoms with Crippen molar-refractivity contribution in [1.29, 1.82) is 5.26 Å². The van der Waals surface area contributed by atoms with Gasteiger partial charge in [0.05, 0.1) is 11.7 Å². The third-order valence-corrected chi connectivity index (χ3v) is 9.92. The first kappa shape index (κ1) is 25.7. The molecule has 0 amide bonds. The van der Waals surface area contributed by atoms with E-state index in [-0.39, 0.29) is 23.9 Å². The summed E-state index contributed by atoms with van der Waals surface area (Å²) in [4.78, 5) is 14.0. The van der Waals surface area contributed by atoms with E-state index in [1.807, 2.05) is 112 Å². The Hall–Kier alpha value is -2.92. The number of hydrogen-bond donors (Lipinski definition) is 0. The summed E-state index contributed by atoms with van der Waals surface area (Å²) in [6, 6.07) is 32.5. The van der Waals surface area contributed by atoms with Gasteiger partial charge < -0.3 is 4.74 Å². The number of ketones is 1. The number of Topliss-reactive ketones (excluding diaryl/α,β-unsaturated/α-hetero) is 1. The zero-order chi connectivity index (χ0) is 24.6. The van der Waals surface area contributed by atoms with E-state index in [1.165, 1.54) is 0 Å². The third-order valence-electron chi connectivity index (χ3n) is 5.68. The average Bonchev–Trinajstić information content (AvgIpc) is 2.83. The maximum atomic E-state index is 14.0. The summed E-state index contributed by atoms with van der Waals surface area (Å²) in [6.07, 6.45) is 1.65. The van der Waals surface area contributed by atoms with E-state index in [2.05, 4.69) is 13.0 Å². The van der Waals surface area contributed by atoms with Gasteiger partial charge in [0.25, 0.3) is 0 Å². The van der Waals surface area contributed by atoms with E-state index in [1.54, 1.807) is 0 Å². The Morgan fingerprint density at radius 2 is 1.26 bits per heavy atom. The molecule has 0 fully saturated rings. The fourth-order valence-electron chi connectivity index (χ4n) is 4.44. The molecule has 1 atom stereocenters. The minimum absolute atomic E-state index is 0.130. The Balaban J connectivity index is 2.34. The maximum absolute atomic E-state index is 14.0. The van der Waals surface area contributed by atoms with Gasteiger partial charge in [-0.15, -0.1) is 0 Å². The van der Waals surface area contributed by atoms with E-state index in [0.717, 1.165) is 28.8 Å². The molecule has 0 radical (unpaired) electrons. The Bertz CT molecular complexity index is 1070. The number of nitrogens with zero attached hydrogens (tertiary/aromatic N) is 1. The molecule has 0 aromatic heterocycles. The number of ether oxygens (including phenoxy) is 1. The van der Waals surface area contributed by atoms with Crippen LogP contribution in [-0.4, -0.2) is 22.8 Å². The molecule has 4 heteroatoms. The number of carbonyl (C=O) groups excluding carboxylic acids is 1. The van der Waals surface area contributed by atoms with Crippen molar-refractivity contribution in [3.8, 4) is 6.07 Å². The van der Waals surface area contributed by atoms with Crippen molar-refractivity contribution in [2.75, 3.05) is 0 Å². The molecular weight excluding hydrogens is 437 g/mol. The van der Waals surface area contributed by atoms with Crippen molar-refractivity contribution in [2.24, 2.45) is 0 Å². The highest BCUT2D eigenvalue weighted by Gasteiger charge is 2.34. The van der Waals surface area contributed by atoms with Crippen molar-refractivity contribution in [3.05, 3.63) is 91.0 Å². The summed E-state index contributed by atoms with van der Waals surface area (Å²) in [5, 5.41) is 13.9. The molecule has 0 bridgehead atoms. The smallest absolute Gasteiger partial charge is 0.176 e. The molecule has 0 aliphatic rings. The topological polar surface area (TPSA) is 50.1 Å². The van der Waals surface area contributed by atoms with E-state index in [4.69, 9.17) is 4.74 Å². The highest BCUT2D eigenvalue weighted by molar-refractivity contribution is 7.96. The van der Waals surface area contributed by atoms with Gasteiger partial charge in [-0.05, 0) is 50.0 Å². The first-order valence-corrected chi connectivity index (χ1v) is 13.7. The molecule has 0 heterocycles. The molecule has 1 unspecified atom stereocenters. The molecule has 0 saturated heterocycles. The second-order valence-corrected chi connectivity index (χ2v) is 12.7. The minimum atomic E-state index is -2.70. The normalized spacial score (nSPS) is 12.6. The monoisotopic (exact) mass is 471 g/mol. The Morgan fingerprint density at radius 3 is 1.59 bits per heavy atom. The molecule has 34 heavy (non-hydrogen) atoms. The molecule has 3 aromatic rings. The average molecular weight is 472 g/mol. The zero-order valence-corrected chi connectivity index (χ0v) is 21.5. The van der Waals surface area contributed by atoms with Crippen LogP contribution < -0.4 is 15.9 Å². The fourth-order valence-corrected chi connectivity index (χ4v) is 8.58. The number of carbonyl (C=O) groups is 1. The van der Waals surface area contributed by atoms with Crippen LogP contribution in [0.1, 0.15) is 47.0 Å². The van der Waals surface area contributed by atoms with Crippen molar-refractivity contribution in [3.63, 3.8) is 0 Å². The second-order valence-electron chi connectivity index (χ2n) is 9.41. The first-order chi connectivity index (χ1) is 16.3. The molecule has 0 saturated carbocycles. The third kappa shape index (κ3) is 5.76. The lowest BCUT2D eigenvalue weighted by molar-refractivity contribution is -0.119. The summed E-state index contributed by atoms with van der Waals surface area (Å²) in [5.41, 5.74) is -0.364. The van der Waals surface area contributed by atoms with Crippen LogP contribution in [0.3, 0.4) is 0 Å². The summed E-state index contributed by atoms with van der Waals surface area (Å²) >= 11 is 0. The fraction of sp³-hybridized carbons (Fsp3) is 0.300. The van der Waals surface area contributed by atoms with E-state index in [0.29, 0.717) is 5.29 Å². The summed E-state index contributed by atoms with van der Waals surface area (Å²) in [6.45, 7) is 5.41. The number of rotatable bonds is 9. The van der Waals surface area contributed by atoms with Crippen molar-refractivity contribution >= 4 is 33.9 Å². The van der Waals surface area contributed by atoms with Crippen LogP contribution >= 0.6 is 6.89 Å². The molecule has 3 rings (SSSR count). The van der Waals surface area contributed by atoms with Crippen LogP contribution in [0.4, 0.5) is 0 Å². The molecule has 0 aliphatic carbocycles. The van der Waals surface area contributed by atoms with E-state index in [9.17, 15) is 10.1 Å². The lowest BCUT2D eigenvalue weighted by atomic mass is 10.0. The largest absolute Gasteiger partial charge is 0.372 e. The second kappa shape index (κ2) is 11.5. The van der Waals surface area contributed by atoms with Crippen LogP contribution in [0.25, 0.3) is 0 Å². The van der Waals surface area contributed by atoms with Gasteiger partial charge in [-0.25, -0.2) is 0 Å². The Morgan fingerprint density at radius 1 is 0.853 bits per heavy atom. The molecule has 3 aromatic carbocycles. The van der Waals surface area contributed by atoms with Gasteiger partial charge in [0.15, 0.2) is 5.78 Å². The predicted octanol–water partition coefficient (Wildman–Crippen LogP) is 5.62. The van der Waals surface area contributed by atoms with Crippen LogP contribution in [0.5, 0.6) is 0 Å². The quantitative estimate of drug-likeness (QED) is 0.381. The van der Waals surface area contributed by atoms with Crippen molar-refractivity contribution in [2.45, 2.75) is 58.7 Å². The van der Waals surface area contributed by atoms with Gasteiger partial charge in [0, 0.05) is 6.42 Å². The molecule has 176 valence electrons. The van der Waals surface area contributed by atoms with Crippen LogP contribution in [0.15, 0.2) is 91.0 Å².